The van der Waals surface area contributed by atoms with Crippen molar-refractivity contribution in [2.24, 2.45) is 0 Å². The first-order valence-corrected chi connectivity index (χ1v) is 3.82. The van der Waals surface area contributed by atoms with Crippen LogP contribution in [-0.4, -0.2) is 17.5 Å². The first-order chi connectivity index (χ1) is 5.75. The van der Waals surface area contributed by atoms with Crippen LogP contribution in [0.2, 0.25) is 0 Å². The summed E-state index contributed by atoms with van der Waals surface area (Å²) in [5, 5.41) is 2.61. The van der Waals surface area contributed by atoms with E-state index in [0.717, 1.165) is 0 Å². The molecule has 0 saturated heterocycles. The highest BCUT2D eigenvalue weighted by molar-refractivity contribution is 7.71. The van der Waals surface area contributed by atoms with Crippen molar-refractivity contribution in [2.75, 3.05) is 11.9 Å². The quantitative estimate of drug-likeness (QED) is 0.590. The van der Waals surface area contributed by atoms with Crippen molar-refractivity contribution >= 4 is 23.9 Å². The number of carbonyl (C=O) groups excluding carboxylic acids is 1. The zero-order valence-electron chi connectivity index (χ0n) is 6.09. The predicted octanol–water partition coefficient (Wildman–Crippen LogP) is 1.08. The van der Waals surface area contributed by atoms with E-state index in [4.69, 9.17) is 17.0 Å². The molecule has 0 atom stereocenters. The van der Waals surface area contributed by atoms with Gasteiger partial charge in [0.25, 0.3) is 5.91 Å². The van der Waals surface area contributed by atoms with E-state index < -0.39 is 0 Å². The smallest absolute Gasteiger partial charge is 0.263 e. The Morgan fingerprint density at radius 3 is 3.17 bits per heavy atom. The second kappa shape index (κ2) is 2.60. The average molecular weight is 182 g/mol. The molecule has 2 rings (SSSR count). The Balaban J connectivity index is 2.50. The Morgan fingerprint density at radius 2 is 2.33 bits per heavy atom. The number of nitrogens with one attached hydrogen (secondary N) is 2. The number of carbonyl (C=O) groups is 1. The number of fused-ring (bicyclic) bond motifs is 1. The minimum atomic E-state index is -0.167. The fourth-order valence-electron chi connectivity index (χ4n) is 0.993. The number of rotatable bonds is 0. The minimum absolute atomic E-state index is 0.0671. The normalized spacial score (nSPS) is 14.5. The summed E-state index contributed by atoms with van der Waals surface area (Å²) >= 11 is 4.87. The lowest BCUT2D eigenvalue weighted by atomic mass is 10.4. The number of aromatic amines is 1. The molecule has 4 nitrogen and oxygen atoms in total. The molecule has 1 aliphatic rings. The molecule has 1 aromatic rings. The summed E-state index contributed by atoms with van der Waals surface area (Å²) in [5.41, 5.74) is 0. The molecule has 0 bridgehead atoms. The Labute approximate surface area is 73.6 Å². The minimum Gasteiger partial charge on any atom is -0.480 e. The molecule has 0 aliphatic carbocycles. The number of ether oxygens (including phenoxy) is 1. The SMILES string of the molecule is O=C1COc2ccc(=S)[nH]c2N1. The van der Waals surface area contributed by atoms with Gasteiger partial charge in [-0.05, 0) is 12.1 Å². The molecule has 1 aliphatic heterocycles. The van der Waals surface area contributed by atoms with Gasteiger partial charge in [0.05, 0.1) is 0 Å². The molecule has 62 valence electrons. The van der Waals surface area contributed by atoms with E-state index in [1.165, 1.54) is 0 Å². The molecule has 0 saturated carbocycles. The van der Waals surface area contributed by atoms with E-state index in [1.54, 1.807) is 12.1 Å². The molecule has 12 heavy (non-hydrogen) atoms. The highest BCUT2D eigenvalue weighted by atomic mass is 32.1. The Kier molecular flexibility index (Phi) is 1.58. The maximum atomic E-state index is 10.8. The maximum absolute atomic E-state index is 10.8. The number of anilines is 1. The zero-order chi connectivity index (χ0) is 8.55. The van der Waals surface area contributed by atoms with Crippen molar-refractivity contribution in [3.05, 3.63) is 16.8 Å². The van der Waals surface area contributed by atoms with Gasteiger partial charge in [-0.25, -0.2) is 0 Å². The van der Waals surface area contributed by atoms with E-state index >= 15 is 0 Å². The van der Waals surface area contributed by atoms with Crippen LogP contribution in [-0.2, 0) is 4.79 Å². The van der Waals surface area contributed by atoms with Crippen LogP contribution < -0.4 is 10.1 Å². The summed E-state index contributed by atoms with van der Waals surface area (Å²) in [6.45, 7) is 0.0671. The van der Waals surface area contributed by atoms with Crippen LogP contribution in [0.3, 0.4) is 0 Å². The number of pyridine rings is 1. The average Bonchev–Trinajstić information content (AvgIpc) is 2.03. The third-order valence-electron chi connectivity index (χ3n) is 1.50. The van der Waals surface area contributed by atoms with E-state index in [9.17, 15) is 4.79 Å². The third kappa shape index (κ3) is 1.18. The second-order valence-electron chi connectivity index (χ2n) is 2.40. The van der Waals surface area contributed by atoms with Gasteiger partial charge in [-0.1, -0.05) is 12.2 Å². The van der Waals surface area contributed by atoms with Gasteiger partial charge < -0.3 is 15.0 Å². The van der Waals surface area contributed by atoms with Crippen LogP contribution in [0.5, 0.6) is 5.75 Å². The summed E-state index contributed by atoms with van der Waals surface area (Å²) in [4.78, 5) is 13.7. The van der Waals surface area contributed by atoms with Gasteiger partial charge >= 0.3 is 0 Å². The molecule has 2 heterocycles. The van der Waals surface area contributed by atoms with E-state index in [1.807, 2.05) is 0 Å². The molecule has 5 heteroatoms. The number of aromatic nitrogens is 1. The van der Waals surface area contributed by atoms with Gasteiger partial charge in [0.15, 0.2) is 18.2 Å². The van der Waals surface area contributed by atoms with Gasteiger partial charge in [-0.3, -0.25) is 4.79 Å². The van der Waals surface area contributed by atoms with Crippen LogP contribution in [0.15, 0.2) is 12.1 Å². The van der Waals surface area contributed by atoms with Gasteiger partial charge in [-0.2, -0.15) is 0 Å². The van der Waals surface area contributed by atoms with Crippen molar-refractivity contribution < 1.29 is 9.53 Å². The van der Waals surface area contributed by atoms with Crippen molar-refractivity contribution in [1.82, 2.24) is 4.98 Å². The van der Waals surface area contributed by atoms with E-state index in [-0.39, 0.29) is 12.5 Å². The standard InChI is InChI=1S/C7H6N2O2S/c10-5-3-11-4-1-2-6(12)9-7(4)8-5/h1-2H,3H2,(H2,8,9,10,12). The van der Waals surface area contributed by atoms with Gasteiger partial charge in [-0.15, -0.1) is 0 Å². The number of H-pyrrole nitrogens is 1. The Bertz CT molecular complexity index is 385. The molecule has 0 unspecified atom stereocenters. The largest absolute Gasteiger partial charge is 0.480 e. The van der Waals surface area contributed by atoms with Gasteiger partial charge in [0.1, 0.15) is 4.64 Å². The molecular weight excluding hydrogens is 176 g/mol. The van der Waals surface area contributed by atoms with E-state index in [2.05, 4.69) is 10.3 Å². The molecular formula is C7H6N2O2S. The molecule has 2 N–H and O–H groups in total. The topological polar surface area (TPSA) is 54.1 Å². The Hall–Kier alpha value is -1.36. The Morgan fingerprint density at radius 1 is 1.50 bits per heavy atom. The maximum Gasteiger partial charge on any atom is 0.263 e. The van der Waals surface area contributed by atoms with Crippen LogP contribution in [0.4, 0.5) is 5.82 Å². The number of hydrogen-bond acceptors (Lipinski definition) is 3. The summed E-state index contributed by atoms with van der Waals surface area (Å²) < 4.78 is 5.67. The summed E-state index contributed by atoms with van der Waals surface area (Å²) in [5.74, 6) is 1.00. The molecule has 0 radical (unpaired) electrons. The molecule has 0 aromatic carbocycles. The van der Waals surface area contributed by atoms with E-state index in [0.29, 0.717) is 16.2 Å². The summed E-state index contributed by atoms with van der Waals surface area (Å²) in [6.07, 6.45) is 0. The first-order valence-electron chi connectivity index (χ1n) is 3.42. The summed E-state index contributed by atoms with van der Waals surface area (Å²) in [6, 6.07) is 3.44. The first kappa shape index (κ1) is 7.30. The fourth-order valence-corrected chi connectivity index (χ4v) is 1.16. The van der Waals surface area contributed by atoms with Crippen LogP contribution in [0, 0.1) is 4.64 Å². The number of amides is 1. The van der Waals surface area contributed by atoms with Crippen molar-refractivity contribution in [1.29, 1.82) is 0 Å². The zero-order valence-corrected chi connectivity index (χ0v) is 6.90. The van der Waals surface area contributed by atoms with Crippen molar-refractivity contribution in [3.8, 4) is 5.75 Å². The fraction of sp³-hybridized carbons (Fsp3) is 0.143. The third-order valence-corrected chi connectivity index (χ3v) is 1.74. The van der Waals surface area contributed by atoms with Crippen molar-refractivity contribution in [2.45, 2.75) is 0 Å². The lowest BCUT2D eigenvalue weighted by Crippen LogP contribution is -2.26. The molecule has 0 spiro atoms. The lowest BCUT2D eigenvalue weighted by Gasteiger charge is -2.16. The summed E-state index contributed by atoms with van der Waals surface area (Å²) in [7, 11) is 0. The lowest BCUT2D eigenvalue weighted by molar-refractivity contribution is -0.118. The molecule has 1 amide bonds. The van der Waals surface area contributed by atoms with Crippen LogP contribution in [0.1, 0.15) is 0 Å². The predicted molar refractivity (Wildman–Crippen MR) is 45.8 cm³/mol. The molecule has 0 fully saturated rings. The van der Waals surface area contributed by atoms with Gasteiger partial charge in [0, 0.05) is 0 Å². The number of hydrogen-bond donors (Lipinski definition) is 2. The highest BCUT2D eigenvalue weighted by Crippen LogP contribution is 2.23. The second-order valence-corrected chi connectivity index (χ2v) is 2.84. The van der Waals surface area contributed by atoms with Crippen molar-refractivity contribution in [3.63, 3.8) is 0 Å². The highest BCUT2D eigenvalue weighted by Gasteiger charge is 2.14. The monoisotopic (exact) mass is 182 g/mol. The van der Waals surface area contributed by atoms with Crippen LogP contribution >= 0.6 is 12.2 Å². The molecule has 1 aromatic heterocycles. The van der Waals surface area contributed by atoms with Crippen LogP contribution in [0.25, 0.3) is 0 Å². The van der Waals surface area contributed by atoms with Gasteiger partial charge in [0.2, 0.25) is 0 Å².